The molecule has 0 saturated carbocycles. The highest BCUT2D eigenvalue weighted by Gasteiger charge is 2.26. The monoisotopic (exact) mass is 247 g/mol. The molecule has 1 aliphatic heterocycles. The van der Waals surface area contributed by atoms with Gasteiger partial charge in [-0.3, -0.25) is 4.99 Å². The summed E-state index contributed by atoms with van der Waals surface area (Å²) in [6.07, 6.45) is 13.4. The van der Waals surface area contributed by atoms with Crippen molar-refractivity contribution in [3.05, 3.63) is 47.4 Å². The molecule has 1 unspecified atom stereocenters. The summed E-state index contributed by atoms with van der Waals surface area (Å²) in [5, 5.41) is 9.29. The molecule has 0 bridgehead atoms. The van der Waals surface area contributed by atoms with Gasteiger partial charge in [0.1, 0.15) is 0 Å². The Bertz CT molecular complexity index is 720. The van der Waals surface area contributed by atoms with Gasteiger partial charge in [0, 0.05) is 18.0 Å². The van der Waals surface area contributed by atoms with Crippen molar-refractivity contribution in [2.24, 2.45) is 10.9 Å². The molecule has 0 aromatic carbocycles. The summed E-state index contributed by atoms with van der Waals surface area (Å²) in [5.41, 5.74) is 5.78. The van der Waals surface area contributed by atoms with E-state index in [2.05, 4.69) is 46.1 Å². The molecule has 1 atom stereocenters. The number of allylic oxidation sites excluding steroid dienone is 6. The summed E-state index contributed by atoms with van der Waals surface area (Å²) in [7, 11) is 0. The van der Waals surface area contributed by atoms with E-state index in [1.165, 1.54) is 16.8 Å². The molecule has 92 valence electrons. The average Bonchev–Trinajstić information content (AvgIpc) is 2.81. The number of aryl methyl sites for hydroxylation is 1. The fraction of sp³-hybridized carbons (Fsp3) is 0.250. The molecular weight excluding hydrogens is 234 g/mol. The third kappa shape index (κ3) is 1.40. The molecule has 0 amide bonds. The Hall–Kier alpha value is -2.34. The van der Waals surface area contributed by atoms with Crippen LogP contribution in [0.5, 0.6) is 0 Å². The van der Waals surface area contributed by atoms with E-state index in [1.54, 1.807) is 0 Å². The second-order valence-electron chi connectivity index (χ2n) is 5.11. The normalized spacial score (nSPS) is 23.3. The van der Waals surface area contributed by atoms with Gasteiger partial charge in [-0.25, -0.2) is 0 Å². The first-order valence-electron chi connectivity index (χ1n) is 6.64. The predicted molar refractivity (Wildman–Crippen MR) is 75.3 cm³/mol. The summed E-state index contributed by atoms with van der Waals surface area (Å²) in [5.74, 6) is -0.130. The van der Waals surface area contributed by atoms with Gasteiger partial charge in [0.25, 0.3) is 0 Å². The molecule has 3 nitrogen and oxygen atoms in total. The van der Waals surface area contributed by atoms with E-state index in [0.29, 0.717) is 0 Å². The quantitative estimate of drug-likeness (QED) is 0.694. The fourth-order valence-electron chi connectivity index (χ4n) is 3.10. The molecule has 1 aromatic rings. The van der Waals surface area contributed by atoms with Gasteiger partial charge in [0.15, 0.2) is 0 Å². The van der Waals surface area contributed by atoms with Crippen molar-refractivity contribution in [1.29, 1.82) is 5.26 Å². The van der Waals surface area contributed by atoms with Crippen LogP contribution in [0.25, 0.3) is 11.3 Å². The minimum absolute atomic E-state index is 0.130. The van der Waals surface area contributed by atoms with Gasteiger partial charge in [-0.15, -0.1) is 0 Å². The van der Waals surface area contributed by atoms with E-state index in [4.69, 9.17) is 0 Å². The Morgan fingerprint density at radius 2 is 2.37 bits per heavy atom. The van der Waals surface area contributed by atoms with Crippen molar-refractivity contribution < 1.29 is 0 Å². The summed E-state index contributed by atoms with van der Waals surface area (Å²) in [4.78, 5) is 4.60. The maximum Gasteiger partial charge on any atom is 0.0940 e. The number of aromatic nitrogens is 1. The molecule has 0 fully saturated rings. The summed E-state index contributed by atoms with van der Waals surface area (Å²) in [6.45, 7) is 0. The first-order valence-corrected chi connectivity index (χ1v) is 6.64. The van der Waals surface area contributed by atoms with E-state index < -0.39 is 0 Å². The maximum absolute atomic E-state index is 9.29. The van der Waals surface area contributed by atoms with Crippen LogP contribution in [0, 0.1) is 17.2 Å². The van der Waals surface area contributed by atoms with Crippen LogP contribution < -0.4 is 0 Å². The first-order chi connectivity index (χ1) is 9.38. The number of nitrogens with zero attached hydrogens (tertiary/aromatic N) is 3. The van der Waals surface area contributed by atoms with Crippen LogP contribution in [0.2, 0.25) is 0 Å². The fourth-order valence-corrected chi connectivity index (χ4v) is 3.10. The molecular formula is C16H13N3. The molecule has 2 aliphatic carbocycles. The maximum atomic E-state index is 9.29. The van der Waals surface area contributed by atoms with Gasteiger partial charge < -0.3 is 4.57 Å². The number of hydrogen-bond donors (Lipinski definition) is 0. The van der Waals surface area contributed by atoms with Crippen molar-refractivity contribution in [1.82, 2.24) is 4.57 Å². The third-order valence-electron chi connectivity index (χ3n) is 4.02. The molecule has 0 N–H and O–H groups in total. The van der Waals surface area contributed by atoms with E-state index in [-0.39, 0.29) is 5.92 Å². The molecule has 0 spiro atoms. The molecule has 0 saturated heterocycles. The Morgan fingerprint density at radius 1 is 1.42 bits per heavy atom. The Kier molecular flexibility index (Phi) is 2.13. The van der Waals surface area contributed by atoms with Crippen molar-refractivity contribution in [2.45, 2.75) is 19.3 Å². The average molecular weight is 247 g/mol. The standard InChI is InChI=1S/C16H13N3/c17-9-12-4-2-6-14-15(12)18-10-13-5-1-3-11-7-8-19(14)16(11)13/h2,5-8,10,12H,1,3-4H2. The zero-order chi connectivity index (χ0) is 12.8. The largest absolute Gasteiger partial charge is 0.314 e. The highest BCUT2D eigenvalue weighted by Crippen LogP contribution is 2.36. The molecule has 4 rings (SSSR count). The molecule has 0 radical (unpaired) electrons. The van der Waals surface area contributed by atoms with E-state index in [0.717, 1.165) is 30.7 Å². The Balaban J connectivity index is 2.02. The van der Waals surface area contributed by atoms with E-state index in [9.17, 15) is 5.26 Å². The van der Waals surface area contributed by atoms with Crippen molar-refractivity contribution in [3.63, 3.8) is 0 Å². The zero-order valence-corrected chi connectivity index (χ0v) is 10.5. The lowest BCUT2D eigenvalue weighted by Crippen LogP contribution is -2.09. The first kappa shape index (κ1) is 10.6. The molecule has 3 heteroatoms. The summed E-state index contributed by atoms with van der Waals surface area (Å²) in [6, 6.07) is 4.55. The molecule has 19 heavy (non-hydrogen) atoms. The van der Waals surface area contributed by atoms with E-state index >= 15 is 0 Å². The van der Waals surface area contributed by atoms with Crippen LogP contribution in [0.15, 0.2) is 41.2 Å². The summed E-state index contributed by atoms with van der Waals surface area (Å²) < 4.78 is 2.20. The highest BCUT2D eigenvalue weighted by atomic mass is 15.0. The molecule has 2 heterocycles. The predicted octanol–water partition coefficient (Wildman–Crippen LogP) is 3.17. The van der Waals surface area contributed by atoms with Crippen LogP contribution in [-0.2, 0) is 6.42 Å². The van der Waals surface area contributed by atoms with Gasteiger partial charge in [0.2, 0.25) is 0 Å². The number of rotatable bonds is 0. The van der Waals surface area contributed by atoms with Gasteiger partial charge in [-0.05, 0) is 37.0 Å². The minimum Gasteiger partial charge on any atom is -0.314 e. The Labute approximate surface area is 111 Å². The van der Waals surface area contributed by atoms with Crippen LogP contribution >= 0.6 is 0 Å². The number of fused-ring (bicyclic) bond motifs is 1. The number of nitriles is 1. The lowest BCUT2D eigenvalue weighted by molar-refractivity contribution is 0.764. The number of aliphatic imine (C=N–C) groups is 1. The van der Waals surface area contributed by atoms with Crippen LogP contribution in [0.1, 0.15) is 24.1 Å². The SMILES string of the molecule is N#CC1CC=CC2=C1N=CC1=CCCc3ccn2c31. The van der Waals surface area contributed by atoms with Crippen LogP contribution in [0.3, 0.4) is 0 Å². The Morgan fingerprint density at radius 3 is 3.26 bits per heavy atom. The van der Waals surface area contributed by atoms with Gasteiger partial charge in [0.05, 0.1) is 29.1 Å². The van der Waals surface area contributed by atoms with E-state index in [1.807, 2.05) is 6.21 Å². The minimum atomic E-state index is -0.130. The third-order valence-corrected chi connectivity index (χ3v) is 4.02. The zero-order valence-electron chi connectivity index (χ0n) is 10.5. The smallest absolute Gasteiger partial charge is 0.0940 e. The highest BCUT2D eigenvalue weighted by molar-refractivity contribution is 6.12. The lowest BCUT2D eigenvalue weighted by atomic mass is 9.96. The van der Waals surface area contributed by atoms with Crippen molar-refractivity contribution in [3.8, 4) is 6.07 Å². The molecule has 3 aliphatic rings. The lowest BCUT2D eigenvalue weighted by Gasteiger charge is -2.18. The van der Waals surface area contributed by atoms with Gasteiger partial charge in [-0.1, -0.05) is 12.2 Å². The van der Waals surface area contributed by atoms with Crippen molar-refractivity contribution >= 4 is 17.5 Å². The second kappa shape index (κ2) is 3.83. The summed E-state index contributed by atoms with van der Waals surface area (Å²) >= 11 is 0. The topological polar surface area (TPSA) is 41.1 Å². The van der Waals surface area contributed by atoms with Gasteiger partial charge in [-0.2, -0.15) is 5.26 Å². The van der Waals surface area contributed by atoms with Crippen molar-refractivity contribution in [2.75, 3.05) is 0 Å². The number of hydrogen-bond acceptors (Lipinski definition) is 2. The van der Waals surface area contributed by atoms with Crippen LogP contribution in [-0.4, -0.2) is 10.8 Å². The molecule has 1 aromatic heterocycles. The van der Waals surface area contributed by atoms with Gasteiger partial charge >= 0.3 is 0 Å². The second-order valence-corrected chi connectivity index (χ2v) is 5.11. The van der Waals surface area contributed by atoms with Crippen LogP contribution in [0.4, 0.5) is 0 Å².